The van der Waals surface area contributed by atoms with E-state index in [1.165, 1.54) is 0 Å². The summed E-state index contributed by atoms with van der Waals surface area (Å²) in [5, 5.41) is 0.917. The minimum absolute atomic E-state index is 0.00542. The average molecular weight is 465 g/mol. The molecule has 2 atom stereocenters. The van der Waals surface area contributed by atoms with Gasteiger partial charge in [0.05, 0.1) is 9.89 Å². The summed E-state index contributed by atoms with van der Waals surface area (Å²) in [6.07, 6.45) is 4.44. The molecule has 2 fully saturated rings. The van der Waals surface area contributed by atoms with Crippen LogP contribution < -0.4 is 4.74 Å². The molecule has 0 saturated heterocycles. The van der Waals surface area contributed by atoms with Gasteiger partial charge in [0.2, 0.25) is 0 Å². The Balaban J connectivity index is 1.76. The molecular formula is C20H19Br2NO2. The fourth-order valence-electron chi connectivity index (χ4n) is 4.54. The predicted octanol–water partition coefficient (Wildman–Crippen LogP) is 6.05. The van der Waals surface area contributed by atoms with Gasteiger partial charge in [-0.05, 0) is 58.7 Å². The SMILES string of the molecule is C=C1C2(C(=O)Oc3c(Br)cc(Br)c4cccnc34)CCC(C2)C1(C)C. The van der Waals surface area contributed by atoms with Gasteiger partial charge < -0.3 is 4.74 Å². The zero-order valence-corrected chi connectivity index (χ0v) is 17.4. The Labute approximate surface area is 164 Å². The van der Waals surface area contributed by atoms with E-state index in [9.17, 15) is 4.79 Å². The first-order valence-electron chi connectivity index (χ1n) is 8.42. The molecule has 2 unspecified atom stereocenters. The van der Waals surface area contributed by atoms with E-state index in [1.54, 1.807) is 6.20 Å². The maximum Gasteiger partial charge on any atom is 0.321 e. The summed E-state index contributed by atoms with van der Waals surface area (Å²) in [5.74, 6) is 0.801. The molecule has 2 aromatic rings. The quantitative estimate of drug-likeness (QED) is 0.308. The fourth-order valence-corrected chi connectivity index (χ4v) is 5.89. The molecule has 1 heterocycles. The molecule has 25 heavy (non-hydrogen) atoms. The number of esters is 1. The first-order valence-corrected chi connectivity index (χ1v) is 10.0. The van der Waals surface area contributed by atoms with E-state index in [0.717, 1.165) is 34.7 Å². The van der Waals surface area contributed by atoms with Crippen LogP contribution in [0.1, 0.15) is 33.1 Å². The van der Waals surface area contributed by atoms with Crippen LogP contribution in [-0.2, 0) is 4.79 Å². The highest BCUT2D eigenvalue weighted by Gasteiger charge is 2.62. The van der Waals surface area contributed by atoms with Crippen molar-refractivity contribution in [3.8, 4) is 5.75 Å². The summed E-state index contributed by atoms with van der Waals surface area (Å²) in [6.45, 7) is 8.68. The van der Waals surface area contributed by atoms with Crippen LogP contribution in [0.15, 0.2) is 45.5 Å². The molecule has 0 amide bonds. The van der Waals surface area contributed by atoms with Crippen LogP contribution >= 0.6 is 31.9 Å². The number of rotatable bonds is 2. The number of fused-ring (bicyclic) bond motifs is 3. The number of benzene rings is 1. The Morgan fingerprint density at radius 1 is 1.36 bits per heavy atom. The fraction of sp³-hybridized carbons (Fsp3) is 0.400. The zero-order valence-electron chi connectivity index (χ0n) is 14.2. The zero-order chi connectivity index (χ0) is 18.0. The van der Waals surface area contributed by atoms with Crippen molar-refractivity contribution in [2.24, 2.45) is 16.7 Å². The minimum atomic E-state index is -0.554. The van der Waals surface area contributed by atoms with Crippen molar-refractivity contribution in [3.63, 3.8) is 0 Å². The number of halogens is 2. The molecule has 3 nitrogen and oxygen atoms in total. The van der Waals surface area contributed by atoms with E-state index < -0.39 is 5.41 Å². The summed E-state index contributed by atoms with van der Waals surface area (Å²) >= 11 is 7.07. The Kier molecular flexibility index (Phi) is 3.89. The van der Waals surface area contributed by atoms with Crippen molar-refractivity contribution < 1.29 is 9.53 Å². The third-order valence-corrected chi connectivity index (χ3v) is 7.47. The van der Waals surface area contributed by atoms with Gasteiger partial charge in [0.25, 0.3) is 0 Å². The normalized spacial score (nSPS) is 27.0. The van der Waals surface area contributed by atoms with E-state index in [1.807, 2.05) is 18.2 Å². The molecule has 1 aromatic heterocycles. The Bertz CT molecular complexity index is 921. The average Bonchev–Trinajstić information content (AvgIpc) is 3.11. The third-order valence-electron chi connectivity index (χ3n) is 6.23. The van der Waals surface area contributed by atoms with Crippen LogP contribution in [0.2, 0.25) is 0 Å². The summed E-state index contributed by atoms with van der Waals surface area (Å²) in [6, 6.07) is 5.72. The highest BCUT2D eigenvalue weighted by molar-refractivity contribution is 9.11. The second-order valence-electron chi connectivity index (χ2n) is 7.68. The molecular weight excluding hydrogens is 446 g/mol. The largest absolute Gasteiger partial charge is 0.422 e. The van der Waals surface area contributed by atoms with Crippen LogP contribution in [0, 0.1) is 16.7 Å². The standard InChI is InChI=1S/C20H19Br2NO2/c1-11-19(2,3)12-6-7-20(11,10-12)18(24)25-17-15(22)9-14(21)13-5-4-8-23-16(13)17/h4-5,8-9,12H,1,6-7,10H2,2-3H3. The molecule has 130 valence electrons. The third kappa shape index (κ3) is 2.35. The van der Waals surface area contributed by atoms with Crippen LogP contribution in [0.3, 0.4) is 0 Å². The number of nitrogens with zero attached hydrogens (tertiary/aromatic N) is 1. The van der Waals surface area contributed by atoms with Crippen molar-refractivity contribution in [1.29, 1.82) is 0 Å². The molecule has 0 N–H and O–H groups in total. The number of pyridine rings is 1. The molecule has 0 spiro atoms. The highest BCUT2D eigenvalue weighted by Crippen LogP contribution is 2.65. The maximum absolute atomic E-state index is 13.2. The van der Waals surface area contributed by atoms with Gasteiger partial charge in [0.15, 0.2) is 5.75 Å². The smallest absolute Gasteiger partial charge is 0.321 e. The molecule has 0 aliphatic heterocycles. The lowest BCUT2D eigenvalue weighted by atomic mass is 9.68. The molecule has 5 heteroatoms. The van der Waals surface area contributed by atoms with Crippen molar-refractivity contribution >= 4 is 48.7 Å². The monoisotopic (exact) mass is 463 g/mol. The van der Waals surface area contributed by atoms with Gasteiger partial charge in [-0.2, -0.15) is 0 Å². The molecule has 0 radical (unpaired) electrons. The molecule has 2 bridgehead atoms. The van der Waals surface area contributed by atoms with Crippen molar-refractivity contribution in [2.45, 2.75) is 33.1 Å². The summed E-state index contributed by atoms with van der Waals surface area (Å²) < 4.78 is 7.58. The van der Waals surface area contributed by atoms with Gasteiger partial charge >= 0.3 is 5.97 Å². The van der Waals surface area contributed by atoms with E-state index in [4.69, 9.17) is 4.74 Å². The Hall–Kier alpha value is -1.20. The maximum atomic E-state index is 13.2. The molecule has 2 aliphatic rings. The first-order chi connectivity index (χ1) is 11.8. The van der Waals surface area contributed by atoms with Gasteiger partial charge in [-0.1, -0.05) is 48.0 Å². The number of hydrogen-bond donors (Lipinski definition) is 0. The molecule has 4 rings (SSSR count). The number of carbonyl (C=O) groups is 1. The van der Waals surface area contributed by atoms with Crippen LogP contribution in [-0.4, -0.2) is 11.0 Å². The lowest BCUT2D eigenvalue weighted by molar-refractivity contribution is -0.143. The van der Waals surface area contributed by atoms with Crippen LogP contribution in [0.5, 0.6) is 5.75 Å². The van der Waals surface area contributed by atoms with Crippen molar-refractivity contribution in [1.82, 2.24) is 4.98 Å². The number of carbonyl (C=O) groups excluding carboxylic acids is 1. The van der Waals surface area contributed by atoms with Crippen LogP contribution in [0.4, 0.5) is 0 Å². The summed E-state index contributed by atoms with van der Waals surface area (Å²) in [7, 11) is 0. The molecule has 2 saturated carbocycles. The predicted molar refractivity (Wildman–Crippen MR) is 105 cm³/mol. The second kappa shape index (κ2) is 5.65. The van der Waals surface area contributed by atoms with Crippen molar-refractivity contribution in [3.05, 3.63) is 45.5 Å². The topological polar surface area (TPSA) is 39.2 Å². The van der Waals surface area contributed by atoms with E-state index >= 15 is 0 Å². The van der Waals surface area contributed by atoms with Gasteiger partial charge in [0.1, 0.15) is 5.52 Å². The summed E-state index contributed by atoms with van der Waals surface area (Å²) in [4.78, 5) is 17.7. The first kappa shape index (κ1) is 17.2. The lowest BCUT2D eigenvalue weighted by Gasteiger charge is -2.36. The van der Waals surface area contributed by atoms with Gasteiger partial charge in [0, 0.05) is 16.1 Å². The number of ether oxygens (including phenoxy) is 1. The Morgan fingerprint density at radius 2 is 2.12 bits per heavy atom. The van der Waals surface area contributed by atoms with Gasteiger partial charge in [-0.25, -0.2) is 0 Å². The van der Waals surface area contributed by atoms with Crippen molar-refractivity contribution in [2.75, 3.05) is 0 Å². The highest BCUT2D eigenvalue weighted by atomic mass is 79.9. The van der Waals surface area contributed by atoms with Gasteiger partial charge in [-0.15, -0.1) is 0 Å². The van der Waals surface area contributed by atoms with E-state index in [2.05, 4.69) is 57.3 Å². The van der Waals surface area contributed by atoms with E-state index in [0.29, 0.717) is 21.7 Å². The van der Waals surface area contributed by atoms with E-state index in [-0.39, 0.29) is 11.4 Å². The Morgan fingerprint density at radius 3 is 2.80 bits per heavy atom. The van der Waals surface area contributed by atoms with Gasteiger partial charge in [-0.3, -0.25) is 9.78 Å². The number of hydrogen-bond acceptors (Lipinski definition) is 3. The lowest BCUT2D eigenvalue weighted by Crippen LogP contribution is -2.36. The minimum Gasteiger partial charge on any atom is -0.422 e. The molecule has 1 aromatic carbocycles. The van der Waals surface area contributed by atoms with Crippen LogP contribution in [0.25, 0.3) is 10.9 Å². The second-order valence-corrected chi connectivity index (χ2v) is 9.39. The number of aromatic nitrogens is 1. The molecule has 2 aliphatic carbocycles. The summed E-state index contributed by atoms with van der Waals surface area (Å²) in [5.41, 5.74) is 1.13.